The lowest BCUT2D eigenvalue weighted by molar-refractivity contribution is 0.379. The van der Waals surface area contributed by atoms with Gasteiger partial charge in [0.05, 0.1) is 6.54 Å². The Hall–Kier alpha value is -1.77. The molecule has 16 heavy (non-hydrogen) atoms. The monoisotopic (exact) mass is 214 g/mol. The van der Waals surface area contributed by atoms with Gasteiger partial charge < -0.3 is 9.84 Å². The number of aromatic nitrogens is 1. The molecule has 0 spiro atoms. The number of nitrogens with one attached hydrogen (secondary N) is 1. The molecule has 1 fully saturated rings. The van der Waals surface area contributed by atoms with Gasteiger partial charge in [-0.25, -0.2) is 0 Å². The lowest BCUT2D eigenvalue weighted by atomic mass is 10.2. The van der Waals surface area contributed by atoms with E-state index in [1.807, 2.05) is 30.3 Å². The number of anilines is 1. The van der Waals surface area contributed by atoms with Crippen molar-refractivity contribution in [2.24, 2.45) is 0 Å². The molecule has 0 saturated heterocycles. The summed E-state index contributed by atoms with van der Waals surface area (Å²) >= 11 is 0. The van der Waals surface area contributed by atoms with Crippen molar-refractivity contribution < 1.29 is 4.52 Å². The molecule has 1 aromatic carbocycles. The summed E-state index contributed by atoms with van der Waals surface area (Å²) in [6.07, 6.45) is 2.50. The SMILES string of the molecule is c1ccc(NCc2cc(C3CC3)on2)cc1. The Bertz CT molecular complexity index is 460. The third kappa shape index (κ3) is 2.08. The Morgan fingerprint density at radius 2 is 2.06 bits per heavy atom. The summed E-state index contributed by atoms with van der Waals surface area (Å²) in [5.41, 5.74) is 2.09. The van der Waals surface area contributed by atoms with Crippen molar-refractivity contribution in [1.82, 2.24) is 5.16 Å². The highest BCUT2D eigenvalue weighted by atomic mass is 16.5. The van der Waals surface area contributed by atoms with Crippen LogP contribution in [0.25, 0.3) is 0 Å². The summed E-state index contributed by atoms with van der Waals surface area (Å²) in [6, 6.07) is 12.2. The smallest absolute Gasteiger partial charge is 0.140 e. The maximum absolute atomic E-state index is 5.29. The first-order chi connectivity index (χ1) is 7.92. The Balaban J connectivity index is 1.61. The van der Waals surface area contributed by atoms with Gasteiger partial charge in [0.15, 0.2) is 0 Å². The Labute approximate surface area is 94.5 Å². The van der Waals surface area contributed by atoms with Gasteiger partial charge in [0.1, 0.15) is 11.5 Å². The zero-order valence-corrected chi connectivity index (χ0v) is 9.02. The van der Waals surface area contributed by atoms with Crippen LogP contribution in [0.1, 0.15) is 30.2 Å². The van der Waals surface area contributed by atoms with Gasteiger partial charge in [0.2, 0.25) is 0 Å². The van der Waals surface area contributed by atoms with Gasteiger partial charge in [-0.15, -0.1) is 0 Å². The van der Waals surface area contributed by atoms with Crippen LogP contribution in [0.3, 0.4) is 0 Å². The van der Waals surface area contributed by atoms with Crippen LogP contribution in [0.5, 0.6) is 0 Å². The molecule has 1 aliphatic rings. The van der Waals surface area contributed by atoms with E-state index in [0.717, 1.165) is 23.7 Å². The van der Waals surface area contributed by atoms with Gasteiger partial charge in [-0.1, -0.05) is 23.4 Å². The minimum Gasteiger partial charge on any atom is -0.379 e. The van der Waals surface area contributed by atoms with Crippen LogP contribution in [0.4, 0.5) is 5.69 Å². The molecule has 3 heteroatoms. The highest BCUT2D eigenvalue weighted by molar-refractivity contribution is 5.42. The van der Waals surface area contributed by atoms with E-state index in [-0.39, 0.29) is 0 Å². The maximum Gasteiger partial charge on any atom is 0.140 e. The van der Waals surface area contributed by atoms with Crippen molar-refractivity contribution >= 4 is 5.69 Å². The van der Waals surface area contributed by atoms with Crippen LogP contribution in [0.2, 0.25) is 0 Å². The third-order valence-corrected chi connectivity index (χ3v) is 2.80. The largest absolute Gasteiger partial charge is 0.379 e. The van der Waals surface area contributed by atoms with Crippen molar-refractivity contribution in [2.75, 3.05) is 5.32 Å². The van der Waals surface area contributed by atoms with Crippen LogP contribution < -0.4 is 5.32 Å². The maximum atomic E-state index is 5.29. The summed E-state index contributed by atoms with van der Waals surface area (Å²) in [5, 5.41) is 7.37. The zero-order valence-electron chi connectivity index (χ0n) is 9.02. The Morgan fingerprint density at radius 1 is 1.25 bits per heavy atom. The molecule has 1 aromatic heterocycles. The molecule has 82 valence electrons. The molecule has 0 unspecified atom stereocenters. The summed E-state index contributed by atoms with van der Waals surface area (Å²) in [5.74, 6) is 1.68. The van der Waals surface area contributed by atoms with E-state index in [9.17, 15) is 0 Å². The van der Waals surface area contributed by atoms with E-state index in [1.165, 1.54) is 12.8 Å². The van der Waals surface area contributed by atoms with E-state index in [0.29, 0.717) is 5.92 Å². The second kappa shape index (κ2) is 4.00. The second-order valence-corrected chi connectivity index (χ2v) is 4.21. The van der Waals surface area contributed by atoms with Gasteiger partial charge in [-0.3, -0.25) is 0 Å². The first-order valence-corrected chi connectivity index (χ1v) is 5.66. The van der Waals surface area contributed by atoms with Crippen molar-refractivity contribution in [3.8, 4) is 0 Å². The molecule has 2 aromatic rings. The van der Waals surface area contributed by atoms with Crippen molar-refractivity contribution in [2.45, 2.75) is 25.3 Å². The number of hydrogen-bond donors (Lipinski definition) is 1. The van der Waals surface area contributed by atoms with Crippen LogP contribution in [-0.4, -0.2) is 5.16 Å². The van der Waals surface area contributed by atoms with Crippen LogP contribution in [0.15, 0.2) is 40.9 Å². The minimum absolute atomic E-state index is 0.637. The quantitative estimate of drug-likeness (QED) is 0.849. The zero-order chi connectivity index (χ0) is 10.8. The average Bonchev–Trinajstić information content (AvgIpc) is 3.08. The summed E-state index contributed by atoms with van der Waals surface area (Å²) in [6.45, 7) is 0.722. The lowest BCUT2D eigenvalue weighted by Gasteiger charge is -2.01. The van der Waals surface area contributed by atoms with E-state index in [2.05, 4.69) is 16.5 Å². The molecular weight excluding hydrogens is 200 g/mol. The molecule has 1 saturated carbocycles. The van der Waals surface area contributed by atoms with Crippen molar-refractivity contribution in [3.63, 3.8) is 0 Å². The molecule has 1 aliphatic carbocycles. The fraction of sp³-hybridized carbons (Fsp3) is 0.308. The minimum atomic E-state index is 0.637. The fourth-order valence-corrected chi connectivity index (χ4v) is 1.72. The van der Waals surface area contributed by atoms with Gasteiger partial charge in [0.25, 0.3) is 0 Å². The van der Waals surface area contributed by atoms with Gasteiger partial charge in [-0.05, 0) is 25.0 Å². The summed E-state index contributed by atoms with van der Waals surface area (Å²) in [7, 11) is 0. The predicted octanol–water partition coefficient (Wildman–Crippen LogP) is 3.16. The molecule has 3 nitrogen and oxygen atoms in total. The molecule has 1 N–H and O–H groups in total. The van der Waals surface area contributed by atoms with Crippen LogP contribution in [0, 0.1) is 0 Å². The lowest BCUT2D eigenvalue weighted by Crippen LogP contribution is -1.98. The summed E-state index contributed by atoms with van der Waals surface area (Å²) < 4.78 is 5.29. The van der Waals surface area contributed by atoms with Crippen molar-refractivity contribution in [1.29, 1.82) is 0 Å². The molecule has 1 heterocycles. The molecule has 3 rings (SSSR count). The molecule has 0 amide bonds. The average molecular weight is 214 g/mol. The van der Waals surface area contributed by atoms with Gasteiger partial charge in [0, 0.05) is 17.7 Å². The number of para-hydroxylation sites is 1. The first-order valence-electron chi connectivity index (χ1n) is 5.66. The molecule has 0 aliphatic heterocycles. The highest BCUT2D eigenvalue weighted by Gasteiger charge is 2.27. The number of rotatable bonds is 4. The topological polar surface area (TPSA) is 38.1 Å². The normalized spacial score (nSPS) is 15.0. The Kier molecular flexibility index (Phi) is 2.37. The molecule has 0 radical (unpaired) electrons. The molecular formula is C13H14N2O. The Morgan fingerprint density at radius 3 is 2.81 bits per heavy atom. The van der Waals surface area contributed by atoms with E-state index < -0.39 is 0 Å². The summed E-state index contributed by atoms with van der Waals surface area (Å²) in [4.78, 5) is 0. The first kappa shape index (κ1) is 9.46. The number of hydrogen-bond acceptors (Lipinski definition) is 3. The van der Waals surface area contributed by atoms with Gasteiger partial charge in [-0.2, -0.15) is 0 Å². The number of benzene rings is 1. The van der Waals surface area contributed by atoms with Crippen molar-refractivity contribution in [3.05, 3.63) is 47.9 Å². The highest BCUT2D eigenvalue weighted by Crippen LogP contribution is 2.40. The van der Waals surface area contributed by atoms with E-state index in [1.54, 1.807) is 0 Å². The third-order valence-electron chi connectivity index (χ3n) is 2.80. The standard InChI is InChI=1S/C13H14N2O/c1-2-4-11(5-3-1)14-9-12-8-13(16-15-12)10-6-7-10/h1-5,8,10,14H,6-7,9H2. The van der Waals surface area contributed by atoms with E-state index >= 15 is 0 Å². The molecule has 0 atom stereocenters. The predicted molar refractivity (Wildman–Crippen MR) is 62.2 cm³/mol. The number of nitrogens with zero attached hydrogens (tertiary/aromatic N) is 1. The second-order valence-electron chi connectivity index (χ2n) is 4.21. The fourth-order valence-electron chi connectivity index (χ4n) is 1.72. The van der Waals surface area contributed by atoms with Gasteiger partial charge >= 0.3 is 0 Å². The van der Waals surface area contributed by atoms with Crippen LogP contribution in [-0.2, 0) is 6.54 Å². The molecule has 0 bridgehead atoms. The van der Waals surface area contributed by atoms with Crippen LogP contribution >= 0.6 is 0 Å². The van der Waals surface area contributed by atoms with E-state index in [4.69, 9.17) is 4.52 Å².